The van der Waals surface area contributed by atoms with E-state index in [4.69, 9.17) is 9.47 Å². The lowest BCUT2D eigenvalue weighted by molar-refractivity contribution is 0.102. The smallest absolute Gasteiger partial charge is 0.255 e. The molecule has 4 rings (SSSR count). The van der Waals surface area contributed by atoms with Crippen molar-refractivity contribution in [2.45, 2.75) is 9.79 Å². The lowest BCUT2D eigenvalue weighted by Crippen LogP contribution is -2.12. The molecular weight excluding hydrogens is 366 g/mol. The summed E-state index contributed by atoms with van der Waals surface area (Å²) >= 11 is 0. The van der Waals surface area contributed by atoms with Gasteiger partial charge in [0.1, 0.15) is 0 Å². The maximum absolute atomic E-state index is 12.6. The number of rotatable bonds is 4. The third-order valence-corrected chi connectivity index (χ3v) is 5.90. The van der Waals surface area contributed by atoms with Crippen molar-refractivity contribution in [3.05, 3.63) is 78.4 Å². The predicted octanol–water partition coefficient (Wildman–Crippen LogP) is 3.50. The van der Waals surface area contributed by atoms with Crippen LogP contribution in [0.3, 0.4) is 0 Å². The van der Waals surface area contributed by atoms with Gasteiger partial charge in [-0.05, 0) is 48.5 Å². The number of ether oxygens (including phenoxy) is 2. The first-order valence-electron chi connectivity index (χ1n) is 8.15. The summed E-state index contributed by atoms with van der Waals surface area (Å²) in [4.78, 5) is 12.8. The van der Waals surface area contributed by atoms with Crippen LogP contribution in [0.2, 0.25) is 0 Å². The van der Waals surface area contributed by atoms with Gasteiger partial charge in [-0.25, -0.2) is 8.42 Å². The first-order valence-corrected chi connectivity index (χ1v) is 9.63. The number of hydrogen-bond donors (Lipinski definition) is 1. The van der Waals surface area contributed by atoms with E-state index in [2.05, 4.69) is 5.32 Å². The van der Waals surface area contributed by atoms with Gasteiger partial charge >= 0.3 is 0 Å². The van der Waals surface area contributed by atoms with E-state index in [0.717, 1.165) is 0 Å². The zero-order valence-electron chi connectivity index (χ0n) is 14.1. The molecule has 6 nitrogen and oxygen atoms in total. The Labute approximate surface area is 156 Å². The van der Waals surface area contributed by atoms with Crippen LogP contribution in [0.4, 0.5) is 5.69 Å². The number of anilines is 1. The molecule has 1 N–H and O–H groups in total. The Morgan fingerprint density at radius 2 is 1.48 bits per heavy atom. The van der Waals surface area contributed by atoms with E-state index < -0.39 is 9.84 Å². The molecule has 0 aromatic heterocycles. The Bertz CT molecular complexity index is 1090. The SMILES string of the molecule is O=C(Nc1ccc2c(c1)OCO2)c1ccc(S(=O)(=O)c2ccccc2)cc1. The van der Waals surface area contributed by atoms with Gasteiger partial charge < -0.3 is 14.8 Å². The minimum absolute atomic E-state index is 0.133. The molecule has 7 heteroatoms. The lowest BCUT2D eigenvalue weighted by atomic mass is 10.2. The largest absolute Gasteiger partial charge is 0.454 e. The summed E-state index contributed by atoms with van der Waals surface area (Å²) in [5.74, 6) is 0.845. The van der Waals surface area contributed by atoms with Gasteiger partial charge in [0.2, 0.25) is 16.6 Å². The highest BCUT2D eigenvalue weighted by Crippen LogP contribution is 2.34. The summed E-state index contributed by atoms with van der Waals surface area (Å²) in [7, 11) is -3.61. The van der Waals surface area contributed by atoms with Crippen molar-refractivity contribution in [2.24, 2.45) is 0 Å². The molecule has 1 aliphatic rings. The molecule has 0 saturated carbocycles. The molecule has 1 amide bonds. The number of nitrogens with one attached hydrogen (secondary N) is 1. The Morgan fingerprint density at radius 3 is 2.22 bits per heavy atom. The number of amides is 1. The second-order valence-corrected chi connectivity index (χ2v) is 7.81. The fraction of sp³-hybridized carbons (Fsp3) is 0.0500. The normalized spacial score (nSPS) is 12.6. The molecule has 0 radical (unpaired) electrons. The van der Waals surface area contributed by atoms with E-state index in [1.807, 2.05) is 0 Å². The molecule has 0 aliphatic carbocycles. The van der Waals surface area contributed by atoms with Crippen LogP contribution in [-0.2, 0) is 9.84 Å². The first-order chi connectivity index (χ1) is 13.0. The predicted molar refractivity (Wildman–Crippen MR) is 98.9 cm³/mol. The molecule has 0 unspecified atom stereocenters. The van der Waals surface area contributed by atoms with Crippen molar-refractivity contribution in [1.29, 1.82) is 0 Å². The summed E-state index contributed by atoms with van der Waals surface area (Å²) in [5.41, 5.74) is 0.907. The van der Waals surface area contributed by atoms with Crippen LogP contribution in [0.25, 0.3) is 0 Å². The molecule has 3 aromatic carbocycles. The van der Waals surface area contributed by atoms with Gasteiger partial charge in [-0.15, -0.1) is 0 Å². The Morgan fingerprint density at radius 1 is 0.815 bits per heavy atom. The van der Waals surface area contributed by atoms with E-state index in [0.29, 0.717) is 22.7 Å². The van der Waals surface area contributed by atoms with Crippen LogP contribution in [0, 0.1) is 0 Å². The van der Waals surface area contributed by atoms with E-state index >= 15 is 0 Å². The Hall–Kier alpha value is -3.32. The van der Waals surface area contributed by atoms with Crippen molar-refractivity contribution in [2.75, 3.05) is 12.1 Å². The molecule has 0 atom stereocenters. The van der Waals surface area contributed by atoms with Crippen LogP contribution in [0.5, 0.6) is 11.5 Å². The minimum Gasteiger partial charge on any atom is -0.454 e. The minimum atomic E-state index is -3.61. The van der Waals surface area contributed by atoms with Crippen molar-refractivity contribution < 1.29 is 22.7 Å². The zero-order valence-corrected chi connectivity index (χ0v) is 14.9. The molecule has 0 bridgehead atoms. The maximum atomic E-state index is 12.6. The fourth-order valence-electron chi connectivity index (χ4n) is 2.70. The van der Waals surface area contributed by atoms with Crippen LogP contribution < -0.4 is 14.8 Å². The standard InChI is InChI=1S/C20H15NO5S/c22-20(21-15-8-11-18-19(12-15)26-13-25-18)14-6-9-17(10-7-14)27(23,24)16-4-2-1-3-5-16/h1-12H,13H2,(H,21,22). The number of benzene rings is 3. The summed E-state index contributed by atoms with van der Waals surface area (Å²) in [6.07, 6.45) is 0. The summed E-state index contributed by atoms with van der Waals surface area (Å²) in [5, 5.41) is 2.75. The van der Waals surface area contributed by atoms with Crippen LogP contribution in [0.15, 0.2) is 82.6 Å². The highest BCUT2D eigenvalue weighted by Gasteiger charge is 2.18. The topological polar surface area (TPSA) is 81.7 Å². The quantitative estimate of drug-likeness (QED) is 0.748. The number of sulfone groups is 1. The second kappa shape index (κ2) is 6.77. The molecule has 0 spiro atoms. The molecule has 0 fully saturated rings. The van der Waals surface area contributed by atoms with Gasteiger partial charge in [-0.3, -0.25) is 4.79 Å². The van der Waals surface area contributed by atoms with Crippen molar-refractivity contribution in [3.8, 4) is 11.5 Å². The zero-order chi connectivity index (χ0) is 18.9. The highest BCUT2D eigenvalue weighted by atomic mass is 32.2. The molecule has 0 saturated heterocycles. The summed E-state index contributed by atoms with van der Waals surface area (Å²) in [6, 6.07) is 19.1. The average Bonchev–Trinajstić information content (AvgIpc) is 3.16. The van der Waals surface area contributed by atoms with Crippen LogP contribution in [-0.4, -0.2) is 21.1 Å². The van der Waals surface area contributed by atoms with Gasteiger partial charge in [0.25, 0.3) is 5.91 Å². The average molecular weight is 381 g/mol. The number of carbonyl (C=O) groups is 1. The molecule has 27 heavy (non-hydrogen) atoms. The van der Waals surface area contributed by atoms with Crippen molar-refractivity contribution in [1.82, 2.24) is 0 Å². The van der Waals surface area contributed by atoms with Gasteiger partial charge in [0.15, 0.2) is 11.5 Å². The lowest BCUT2D eigenvalue weighted by Gasteiger charge is -2.08. The van der Waals surface area contributed by atoms with Crippen LogP contribution >= 0.6 is 0 Å². The first kappa shape index (κ1) is 17.1. The fourth-order valence-corrected chi connectivity index (χ4v) is 3.98. The molecule has 1 heterocycles. The number of fused-ring (bicyclic) bond motifs is 1. The summed E-state index contributed by atoms with van der Waals surface area (Å²) in [6.45, 7) is 0.157. The maximum Gasteiger partial charge on any atom is 0.255 e. The Balaban J connectivity index is 1.53. The number of carbonyl (C=O) groups excluding carboxylic acids is 1. The second-order valence-electron chi connectivity index (χ2n) is 5.86. The van der Waals surface area contributed by atoms with E-state index in [1.165, 1.54) is 36.4 Å². The van der Waals surface area contributed by atoms with Gasteiger partial charge in [-0.2, -0.15) is 0 Å². The van der Waals surface area contributed by atoms with Gasteiger partial charge in [0, 0.05) is 17.3 Å². The van der Waals surface area contributed by atoms with E-state index in [-0.39, 0.29) is 22.5 Å². The third kappa shape index (κ3) is 3.37. The summed E-state index contributed by atoms with van der Waals surface area (Å²) < 4.78 is 35.7. The van der Waals surface area contributed by atoms with Crippen molar-refractivity contribution in [3.63, 3.8) is 0 Å². The molecule has 136 valence electrons. The van der Waals surface area contributed by atoms with Gasteiger partial charge in [-0.1, -0.05) is 18.2 Å². The Kier molecular flexibility index (Phi) is 4.29. The monoisotopic (exact) mass is 381 g/mol. The molecule has 3 aromatic rings. The number of hydrogen-bond acceptors (Lipinski definition) is 5. The van der Waals surface area contributed by atoms with E-state index in [9.17, 15) is 13.2 Å². The highest BCUT2D eigenvalue weighted by molar-refractivity contribution is 7.91. The molecular formula is C20H15NO5S. The van der Waals surface area contributed by atoms with Crippen molar-refractivity contribution >= 4 is 21.4 Å². The van der Waals surface area contributed by atoms with E-state index in [1.54, 1.807) is 36.4 Å². The third-order valence-electron chi connectivity index (χ3n) is 4.11. The molecule has 1 aliphatic heterocycles. The van der Waals surface area contributed by atoms with Gasteiger partial charge in [0.05, 0.1) is 9.79 Å². The van der Waals surface area contributed by atoms with Crippen LogP contribution in [0.1, 0.15) is 10.4 Å².